The summed E-state index contributed by atoms with van der Waals surface area (Å²) in [7, 11) is -17.6. The number of phosphoric acid groups is 3. The number of ether oxygens (including phenoxy) is 1. The number of carbonyl (C=O) groups excluding carboxylic acids is 3. The van der Waals surface area contributed by atoms with Crippen LogP contribution < -0.4 is 35.9 Å². The van der Waals surface area contributed by atoms with Crippen LogP contribution in [0.25, 0.3) is 11.2 Å². The number of fused-ring (bicyclic) bond motifs is 1. The number of anilines is 1. The van der Waals surface area contributed by atoms with Crippen molar-refractivity contribution in [1.82, 2.24) is 30.2 Å². The van der Waals surface area contributed by atoms with E-state index in [2.05, 4.69) is 74.7 Å². The van der Waals surface area contributed by atoms with E-state index in [4.69, 9.17) is 10.5 Å². The molecule has 8 atom stereocenters. The van der Waals surface area contributed by atoms with E-state index in [1.165, 1.54) is 33.1 Å². The number of thioether (sulfide) groups is 1. The van der Waals surface area contributed by atoms with Crippen molar-refractivity contribution >= 4 is 69.1 Å². The monoisotopic (exact) mass is 1010 g/mol. The summed E-state index contributed by atoms with van der Waals surface area (Å²) in [5.74, 6) is -1.36. The molecule has 374 valence electrons. The van der Waals surface area contributed by atoms with Crippen LogP contribution in [0, 0.1) is 5.41 Å². The highest BCUT2D eigenvalue weighted by molar-refractivity contribution is 8.13. The van der Waals surface area contributed by atoms with Crippen molar-refractivity contribution in [2.45, 2.75) is 122 Å². The van der Waals surface area contributed by atoms with Gasteiger partial charge in [-0.3, -0.25) is 28.1 Å². The molecule has 7 N–H and O–H groups in total. The van der Waals surface area contributed by atoms with Crippen LogP contribution in [0.15, 0.2) is 37.0 Å². The van der Waals surface area contributed by atoms with Gasteiger partial charge in [-0.25, -0.2) is 19.3 Å². The Morgan fingerprint density at radius 2 is 1.67 bits per heavy atom. The fourth-order valence-corrected chi connectivity index (χ4v) is 9.59. The van der Waals surface area contributed by atoms with Gasteiger partial charge in [-0.1, -0.05) is 69.7 Å². The molecule has 0 aliphatic carbocycles. The lowest BCUT2D eigenvalue weighted by Gasteiger charge is -2.36. The largest absolute Gasteiger partial charge is 0.790 e. The molecule has 0 bridgehead atoms. The molecule has 0 spiro atoms. The van der Waals surface area contributed by atoms with Crippen molar-refractivity contribution in [1.29, 1.82) is 0 Å². The maximum atomic E-state index is 12.6. The zero-order valence-electron chi connectivity index (χ0n) is 36.6. The van der Waals surface area contributed by atoms with E-state index in [-0.39, 0.29) is 53.8 Å². The van der Waals surface area contributed by atoms with Crippen molar-refractivity contribution in [3.8, 4) is 0 Å². The summed E-state index contributed by atoms with van der Waals surface area (Å²) in [6.07, 6.45) is 7.60. The first-order chi connectivity index (χ1) is 30.9. The van der Waals surface area contributed by atoms with E-state index < -0.39 is 90.7 Å². The van der Waals surface area contributed by atoms with Crippen molar-refractivity contribution in [3.05, 3.63) is 37.0 Å². The Morgan fingerprint density at radius 3 is 2.35 bits per heavy atom. The molecule has 0 radical (unpaired) electrons. The van der Waals surface area contributed by atoms with Crippen LogP contribution in [0.1, 0.15) is 91.2 Å². The van der Waals surface area contributed by atoms with Crippen LogP contribution in [0.3, 0.4) is 0 Å². The molecular formula is C37H58N7O18P3S-4. The average molecular weight is 1010 g/mol. The molecule has 2 unspecified atom stereocenters. The molecule has 1 aliphatic rings. The Balaban J connectivity index is 1.35. The number of hydrogen-bond acceptors (Lipinski definition) is 23. The number of nitrogen functional groups attached to an aromatic ring is 1. The van der Waals surface area contributed by atoms with E-state index in [0.29, 0.717) is 6.42 Å². The van der Waals surface area contributed by atoms with Crippen LogP contribution in [0.5, 0.6) is 0 Å². The van der Waals surface area contributed by atoms with Gasteiger partial charge in [0.1, 0.15) is 36.3 Å². The van der Waals surface area contributed by atoms with Gasteiger partial charge in [0.15, 0.2) is 22.8 Å². The number of aromatic nitrogens is 4. The summed E-state index contributed by atoms with van der Waals surface area (Å²) < 4.78 is 60.7. The molecule has 0 aromatic carbocycles. The fourth-order valence-electron chi connectivity index (χ4n) is 6.12. The second-order valence-electron chi connectivity index (χ2n) is 15.7. The minimum absolute atomic E-state index is 0.0186. The minimum atomic E-state index is -5.93. The third kappa shape index (κ3) is 20.3. The van der Waals surface area contributed by atoms with Crippen LogP contribution >= 0.6 is 35.2 Å². The Bertz CT molecular complexity index is 2090. The number of phosphoric ester groups is 3. The third-order valence-electron chi connectivity index (χ3n) is 9.63. The summed E-state index contributed by atoms with van der Waals surface area (Å²) in [6, 6.07) is 0. The van der Waals surface area contributed by atoms with Gasteiger partial charge < -0.3 is 74.1 Å². The lowest BCUT2D eigenvalue weighted by molar-refractivity contribution is -0.347. The number of nitrogens with one attached hydrogen (secondary N) is 2. The van der Waals surface area contributed by atoms with Crippen molar-refractivity contribution in [2.24, 2.45) is 5.41 Å². The summed E-state index contributed by atoms with van der Waals surface area (Å²) in [4.78, 5) is 96.8. The SMILES string of the molecule is CCCCC/C=C\C/C=C\CCC[C@@H](O)CC(=O)SCCNC(=O)CCNC(=O)[C@H](O)C(C)(C)COP(=O)([O-])OP(=O)([O-])OC[C@H]1O[C@@H](n2cnc3c(N)ncnc32)[C@H](O)[C@@H]1OP(=O)([O-])[O-]. The number of nitrogens with two attached hydrogens (primary N) is 1. The normalized spacial score (nSPS) is 20.9. The van der Waals surface area contributed by atoms with E-state index in [9.17, 15) is 63.0 Å². The number of carbonyl (C=O) groups is 3. The number of unbranched alkanes of at least 4 members (excludes halogenated alkanes) is 4. The number of hydrogen-bond donors (Lipinski definition) is 6. The van der Waals surface area contributed by atoms with Crippen LogP contribution in [-0.4, -0.2) is 114 Å². The fraction of sp³-hybridized carbons (Fsp3) is 0.676. The molecule has 2 aromatic heterocycles. The highest BCUT2D eigenvalue weighted by atomic mass is 32.2. The van der Waals surface area contributed by atoms with Gasteiger partial charge in [-0.2, -0.15) is 0 Å². The lowest BCUT2D eigenvalue weighted by Crippen LogP contribution is -2.46. The highest BCUT2D eigenvalue weighted by Crippen LogP contribution is 2.56. The molecule has 66 heavy (non-hydrogen) atoms. The summed E-state index contributed by atoms with van der Waals surface area (Å²) in [6.45, 7) is 2.14. The van der Waals surface area contributed by atoms with Gasteiger partial charge >= 0.3 is 0 Å². The summed E-state index contributed by atoms with van der Waals surface area (Å²) in [5, 5.41) is 36.3. The maximum absolute atomic E-state index is 12.6. The molecule has 25 nitrogen and oxygen atoms in total. The first kappa shape index (κ1) is 57.3. The van der Waals surface area contributed by atoms with E-state index in [1.54, 1.807) is 0 Å². The molecule has 3 rings (SSSR count). The number of rotatable bonds is 31. The molecule has 1 fully saturated rings. The van der Waals surface area contributed by atoms with Crippen LogP contribution in [0.2, 0.25) is 0 Å². The van der Waals surface area contributed by atoms with Gasteiger partial charge in [0.25, 0.3) is 15.6 Å². The molecule has 2 amide bonds. The van der Waals surface area contributed by atoms with Crippen molar-refractivity contribution < 1.29 is 85.6 Å². The predicted molar refractivity (Wildman–Crippen MR) is 230 cm³/mol. The van der Waals surface area contributed by atoms with Crippen molar-refractivity contribution in [2.75, 3.05) is 37.8 Å². The highest BCUT2D eigenvalue weighted by Gasteiger charge is 2.47. The number of aliphatic hydroxyl groups is 3. The molecule has 2 aromatic rings. The molecule has 29 heteroatoms. The zero-order chi connectivity index (χ0) is 49.1. The third-order valence-corrected chi connectivity index (χ3v) is 13.5. The molecule has 3 heterocycles. The summed E-state index contributed by atoms with van der Waals surface area (Å²) in [5.41, 5.74) is 4.05. The molecule has 1 saturated heterocycles. The average Bonchev–Trinajstić information content (AvgIpc) is 3.79. The van der Waals surface area contributed by atoms with Crippen LogP contribution in [0.4, 0.5) is 5.82 Å². The number of aliphatic hydroxyl groups excluding tert-OH is 3. The minimum Gasteiger partial charge on any atom is -0.790 e. The summed E-state index contributed by atoms with van der Waals surface area (Å²) >= 11 is 0.965. The van der Waals surface area contributed by atoms with Gasteiger partial charge in [-0.05, 0) is 38.5 Å². The number of allylic oxidation sites excluding steroid dienone is 4. The van der Waals surface area contributed by atoms with E-state index in [0.717, 1.165) is 54.7 Å². The van der Waals surface area contributed by atoms with Gasteiger partial charge in [0, 0.05) is 37.1 Å². The molecule has 1 aliphatic heterocycles. The lowest BCUT2D eigenvalue weighted by atomic mass is 9.87. The Kier molecular flexibility index (Phi) is 23.7. The predicted octanol–water partition coefficient (Wildman–Crippen LogP) is 0.141. The quantitative estimate of drug-likeness (QED) is 0.0332. The zero-order valence-corrected chi connectivity index (χ0v) is 40.1. The van der Waals surface area contributed by atoms with Gasteiger partial charge in [0.2, 0.25) is 11.8 Å². The number of amides is 2. The second-order valence-corrected chi connectivity index (χ2v) is 20.9. The topological polar surface area (TPSA) is 395 Å². The van der Waals surface area contributed by atoms with E-state index in [1.807, 2.05) is 0 Å². The Hall–Kier alpha value is -3.00. The number of nitrogens with zero attached hydrogens (tertiary/aromatic N) is 4. The smallest absolute Gasteiger partial charge is 0.274 e. The molecular weight excluding hydrogens is 955 g/mol. The molecule has 0 saturated carbocycles. The van der Waals surface area contributed by atoms with Crippen LogP contribution in [-0.2, 0) is 50.7 Å². The van der Waals surface area contributed by atoms with Crippen molar-refractivity contribution in [3.63, 3.8) is 0 Å². The Labute approximate surface area is 385 Å². The first-order valence-electron chi connectivity index (χ1n) is 20.9. The Morgan fingerprint density at radius 1 is 0.985 bits per heavy atom. The second kappa shape index (κ2) is 27.3. The first-order valence-corrected chi connectivity index (χ1v) is 26.3. The van der Waals surface area contributed by atoms with Gasteiger partial charge in [-0.15, -0.1) is 0 Å². The maximum Gasteiger partial charge on any atom is 0.274 e. The van der Waals surface area contributed by atoms with Gasteiger partial charge in [0.05, 0.1) is 33.5 Å². The number of imidazole rings is 1. The standard InChI is InChI=1S/C37H62N7O18P3S/c1-4-5-6-7-8-9-10-11-12-13-14-15-25(45)20-28(47)66-19-18-39-27(46)16-17-40-35(50)32(49)37(2,3)22-59-65(56,57)62-64(54,55)58-21-26-31(61-63(51,52)53)30(48)36(60-26)44-24-43-29-33(38)41-23-42-34(29)44/h8-9,11-12,23-26,30-32,36,45,48-49H,4-7,10,13-22H2,1-3H3,(H,39,46)(H,40,50)(H,54,55)(H,56,57)(H2,38,41,42)(H2,51,52,53)/p-4/b9-8-,12-11-/t25-,26-,30-,31-,32+,36-/m1/s1. The van der Waals surface area contributed by atoms with E-state index >= 15 is 0 Å².